The van der Waals surface area contributed by atoms with Crippen LogP contribution in [0.25, 0.3) is 0 Å². The number of hydrogen-bond donors (Lipinski definition) is 0. The van der Waals surface area contributed by atoms with Crippen molar-refractivity contribution in [3.05, 3.63) is 30.3 Å². The molecule has 96 valence electrons. The summed E-state index contributed by atoms with van der Waals surface area (Å²) < 4.78 is 5.68. The maximum Gasteiger partial charge on any atom is 0.0509 e. The van der Waals surface area contributed by atoms with Crippen LogP contribution in [-0.2, 0) is 4.52 Å². The quantitative estimate of drug-likeness (QED) is 0.434. The van der Waals surface area contributed by atoms with Crippen molar-refractivity contribution in [1.82, 2.24) is 0 Å². The lowest BCUT2D eigenvalue weighted by molar-refractivity contribution is 0.348. The average molecular weight is 252 g/mol. The van der Waals surface area contributed by atoms with Gasteiger partial charge in [0, 0.05) is 8.81 Å². The summed E-state index contributed by atoms with van der Waals surface area (Å²) >= 11 is 0. The molecule has 0 saturated heterocycles. The predicted octanol–water partition coefficient (Wildman–Crippen LogP) is 4.67. The molecule has 0 saturated carbocycles. The van der Waals surface area contributed by atoms with Crippen molar-refractivity contribution in [2.45, 2.75) is 51.9 Å². The first-order chi connectivity index (χ1) is 8.43. The molecule has 0 amide bonds. The van der Waals surface area contributed by atoms with Crippen molar-refractivity contribution in [3.63, 3.8) is 0 Å². The summed E-state index contributed by atoms with van der Waals surface area (Å²) in [4.78, 5) is 0. The number of unbranched alkanes of at least 4 members (excludes halogenated alkanes) is 6. The molecule has 1 rings (SSSR count). The molecular weight excluding hydrogens is 227 g/mol. The van der Waals surface area contributed by atoms with E-state index < -0.39 is 0 Å². The third-order valence-electron chi connectivity index (χ3n) is 2.81. The van der Waals surface area contributed by atoms with Crippen LogP contribution in [0.1, 0.15) is 51.9 Å². The van der Waals surface area contributed by atoms with Crippen molar-refractivity contribution in [1.29, 1.82) is 0 Å². The Morgan fingerprint density at radius 2 is 1.53 bits per heavy atom. The molecule has 1 nitrogen and oxygen atoms in total. The summed E-state index contributed by atoms with van der Waals surface area (Å²) in [5, 5.41) is 1.30. The molecule has 0 aromatic heterocycles. The van der Waals surface area contributed by atoms with Gasteiger partial charge in [-0.3, -0.25) is 0 Å². The highest BCUT2D eigenvalue weighted by Gasteiger charge is 1.93. The van der Waals surface area contributed by atoms with Gasteiger partial charge in [-0.1, -0.05) is 75.8 Å². The van der Waals surface area contributed by atoms with Gasteiger partial charge in [0.15, 0.2) is 0 Å². The van der Waals surface area contributed by atoms with Crippen LogP contribution in [0.2, 0.25) is 0 Å². The van der Waals surface area contributed by atoms with Crippen LogP contribution >= 0.6 is 8.81 Å². The smallest absolute Gasteiger partial charge is 0.0509 e. The first-order valence-electron chi connectivity index (χ1n) is 6.86. The van der Waals surface area contributed by atoms with Gasteiger partial charge < -0.3 is 4.52 Å². The Morgan fingerprint density at radius 3 is 2.24 bits per heavy atom. The molecule has 0 N–H and O–H groups in total. The van der Waals surface area contributed by atoms with E-state index in [9.17, 15) is 0 Å². The zero-order chi connectivity index (χ0) is 12.2. The molecule has 17 heavy (non-hydrogen) atoms. The topological polar surface area (TPSA) is 9.23 Å². The summed E-state index contributed by atoms with van der Waals surface area (Å²) in [6.45, 7) is 3.18. The molecule has 0 aliphatic carbocycles. The molecule has 0 heterocycles. The van der Waals surface area contributed by atoms with Crippen molar-refractivity contribution in [2.75, 3.05) is 6.61 Å². The fraction of sp³-hybridized carbons (Fsp3) is 0.600. The summed E-state index contributed by atoms with van der Waals surface area (Å²) in [7, 11) is 0.517. The monoisotopic (exact) mass is 252 g/mol. The van der Waals surface area contributed by atoms with Crippen LogP contribution in [0.4, 0.5) is 0 Å². The normalized spacial score (nSPS) is 11.4. The fourth-order valence-electron chi connectivity index (χ4n) is 1.77. The minimum Gasteiger partial charge on any atom is -0.358 e. The highest BCUT2D eigenvalue weighted by Crippen LogP contribution is 2.13. The number of hydrogen-bond acceptors (Lipinski definition) is 1. The largest absolute Gasteiger partial charge is 0.358 e. The van der Waals surface area contributed by atoms with Crippen molar-refractivity contribution in [3.8, 4) is 0 Å². The Kier molecular flexibility index (Phi) is 9.27. The van der Waals surface area contributed by atoms with Gasteiger partial charge in [-0.25, -0.2) is 0 Å². The van der Waals surface area contributed by atoms with Crippen LogP contribution in [0.5, 0.6) is 0 Å². The second kappa shape index (κ2) is 10.7. The fourth-order valence-corrected chi connectivity index (χ4v) is 2.51. The van der Waals surface area contributed by atoms with E-state index in [2.05, 4.69) is 31.2 Å². The Balaban J connectivity index is 1.85. The second-order valence-corrected chi connectivity index (χ2v) is 5.51. The highest BCUT2D eigenvalue weighted by atomic mass is 31.1. The van der Waals surface area contributed by atoms with Gasteiger partial charge in [0.05, 0.1) is 6.61 Å². The Hall–Kier alpha value is -0.390. The van der Waals surface area contributed by atoms with E-state index in [1.807, 2.05) is 6.07 Å². The number of benzene rings is 1. The van der Waals surface area contributed by atoms with Crippen molar-refractivity contribution >= 4 is 14.1 Å². The van der Waals surface area contributed by atoms with Crippen LogP contribution < -0.4 is 5.30 Å². The van der Waals surface area contributed by atoms with E-state index in [-0.39, 0.29) is 0 Å². The standard InChI is InChI=1S/C15H25OP/c1-2-3-4-5-6-7-11-14-16-17-15-12-9-8-10-13-15/h8-10,12-13,17H,2-7,11,14H2,1H3. The lowest BCUT2D eigenvalue weighted by atomic mass is 10.1. The average Bonchev–Trinajstić information content (AvgIpc) is 2.38. The summed E-state index contributed by atoms with van der Waals surface area (Å²) in [5.74, 6) is 0. The van der Waals surface area contributed by atoms with Gasteiger partial charge in [-0.05, 0) is 11.7 Å². The lowest BCUT2D eigenvalue weighted by Gasteiger charge is -2.04. The van der Waals surface area contributed by atoms with Crippen LogP contribution in [0.15, 0.2) is 30.3 Å². The molecule has 1 unspecified atom stereocenters. The van der Waals surface area contributed by atoms with E-state index in [4.69, 9.17) is 4.52 Å². The summed E-state index contributed by atoms with van der Waals surface area (Å²) in [6, 6.07) is 10.4. The molecular formula is C15H25OP. The predicted molar refractivity (Wildman–Crippen MR) is 78.3 cm³/mol. The SMILES string of the molecule is CCCCCCCCCOPc1ccccc1. The van der Waals surface area contributed by atoms with E-state index in [0.717, 1.165) is 6.61 Å². The molecule has 1 atom stereocenters. The zero-order valence-corrected chi connectivity index (χ0v) is 12.0. The van der Waals surface area contributed by atoms with Crippen LogP contribution in [-0.4, -0.2) is 6.61 Å². The maximum atomic E-state index is 5.68. The molecule has 0 radical (unpaired) electrons. The third kappa shape index (κ3) is 8.35. The number of rotatable bonds is 10. The van der Waals surface area contributed by atoms with Crippen molar-refractivity contribution < 1.29 is 4.52 Å². The second-order valence-electron chi connectivity index (χ2n) is 4.44. The first-order valence-corrected chi connectivity index (χ1v) is 7.77. The van der Waals surface area contributed by atoms with Crippen LogP contribution in [0.3, 0.4) is 0 Å². The van der Waals surface area contributed by atoms with Crippen molar-refractivity contribution in [2.24, 2.45) is 0 Å². The van der Waals surface area contributed by atoms with Gasteiger partial charge in [0.1, 0.15) is 0 Å². The highest BCUT2D eigenvalue weighted by molar-refractivity contribution is 7.41. The molecule has 1 aromatic carbocycles. The van der Waals surface area contributed by atoms with Gasteiger partial charge in [-0.2, -0.15) is 0 Å². The molecule has 0 fully saturated rings. The van der Waals surface area contributed by atoms with Crippen LogP contribution in [0, 0.1) is 0 Å². The minimum absolute atomic E-state index is 0.517. The van der Waals surface area contributed by atoms with Gasteiger partial charge in [0.25, 0.3) is 0 Å². The zero-order valence-electron chi connectivity index (χ0n) is 11.0. The van der Waals surface area contributed by atoms with E-state index in [0.29, 0.717) is 8.81 Å². The van der Waals surface area contributed by atoms with Gasteiger partial charge >= 0.3 is 0 Å². The summed E-state index contributed by atoms with van der Waals surface area (Å²) in [5.41, 5.74) is 0. The Morgan fingerprint density at radius 1 is 0.882 bits per heavy atom. The van der Waals surface area contributed by atoms with E-state index in [1.54, 1.807) is 0 Å². The Bertz CT molecular complexity index is 261. The molecule has 0 spiro atoms. The molecule has 2 heteroatoms. The first kappa shape index (κ1) is 14.7. The van der Waals surface area contributed by atoms with Gasteiger partial charge in [-0.15, -0.1) is 0 Å². The molecule has 0 bridgehead atoms. The molecule has 1 aromatic rings. The van der Waals surface area contributed by atoms with Gasteiger partial charge in [0.2, 0.25) is 0 Å². The lowest BCUT2D eigenvalue weighted by Crippen LogP contribution is -1.95. The minimum atomic E-state index is 0.517. The summed E-state index contributed by atoms with van der Waals surface area (Å²) in [6.07, 6.45) is 9.44. The third-order valence-corrected chi connectivity index (χ3v) is 3.73. The molecule has 0 aliphatic rings. The molecule has 0 aliphatic heterocycles. The maximum absolute atomic E-state index is 5.68. The Labute approximate surface area is 108 Å². The van der Waals surface area contributed by atoms with E-state index in [1.165, 1.54) is 50.3 Å². The van der Waals surface area contributed by atoms with E-state index >= 15 is 0 Å².